The number of hydrogen-bond donors (Lipinski definition) is 1. The number of halogens is 1. The molecule has 1 unspecified atom stereocenters. The molecule has 1 saturated heterocycles. The van der Waals surface area contributed by atoms with E-state index in [-0.39, 0.29) is 23.3 Å². The fourth-order valence-corrected chi connectivity index (χ4v) is 3.97. The molecule has 1 saturated carbocycles. The highest BCUT2D eigenvalue weighted by atomic mass is 35.5. The first-order valence-corrected chi connectivity index (χ1v) is 10.1. The van der Waals surface area contributed by atoms with Gasteiger partial charge in [0.05, 0.1) is 5.92 Å². The number of hydrogen-bond acceptors (Lipinski definition) is 3. The first-order valence-electron chi connectivity index (χ1n) is 9.70. The van der Waals surface area contributed by atoms with Gasteiger partial charge in [-0.1, -0.05) is 30.2 Å². The first-order chi connectivity index (χ1) is 12.7. The molecule has 0 bridgehead atoms. The zero-order valence-corrected chi connectivity index (χ0v) is 17.1. The lowest BCUT2D eigenvalue weighted by molar-refractivity contribution is -0.125. The van der Waals surface area contributed by atoms with Gasteiger partial charge < -0.3 is 15.0 Å². The summed E-state index contributed by atoms with van der Waals surface area (Å²) in [6.07, 6.45) is 3.66. The Morgan fingerprint density at radius 1 is 1.26 bits per heavy atom. The standard InChI is InChI=1S/C21H29ClN2O3/c1-20(2,3)27-19(26)24-12-9-15(13-24)18(25)23-14-21(10-4-11-21)16-5-7-17(22)8-6-16/h5-8,15H,4,9-14H2,1-3H3,(H,23,25). The van der Waals surface area contributed by atoms with E-state index in [2.05, 4.69) is 17.4 Å². The molecule has 0 aromatic heterocycles. The number of carbonyl (C=O) groups excluding carboxylic acids is 2. The molecule has 1 N–H and O–H groups in total. The van der Waals surface area contributed by atoms with Crippen LogP contribution in [0, 0.1) is 5.92 Å². The van der Waals surface area contributed by atoms with Crippen molar-refractivity contribution in [1.29, 1.82) is 0 Å². The van der Waals surface area contributed by atoms with E-state index in [1.54, 1.807) is 4.90 Å². The molecule has 1 aromatic carbocycles. The van der Waals surface area contributed by atoms with Gasteiger partial charge in [-0.2, -0.15) is 0 Å². The van der Waals surface area contributed by atoms with Crippen molar-refractivity contribution in [2.24, 2.45) is 5.92 Å². The van der Waals surface area contributed by atoms with Crippen LogP contribution in [0.25, 0.3) is 0 Å². The summed E-state index contributed by atoms with van der Waals surface area (Å²) in [5.41, 5.74) is 0.733. The van der Waals surface area contributed by atoms with Gasteiger partial charge >= 0.3 is 6.09 Å². The summed E-state index contributed by atoms with van der Waals surface area (Å²) in [7, 11) is 0. The number of rotatable bonds is 4. The molecular weight excluding hydrogens is 364 g/mol. The molecule has 2 aliphatic rings. The summed E-state index contributed by atoms with van der Waals surface area (Å²) < 4.78 is 5.40. The van der Waals surface area contributed by atoms with E-state index in [9.17, 15) is 9.59 Å². The van der Waals surface area contributed by atoms with Gasteiger partial charge in [-0.15, -0.1) is 0 Å². The number of benzene rings is 1. The number of carbonyl (C=O) groups is 2. The second-order valence-corrected chi connectivity index (χ2v) is 9.21. The van der Waals surface area contributed by atoms with E-state index in [4.69, 9.17) is 16.3 Å². The smallest absolute Gasteiger partial charge is 0.410 e. The predicted molar refractivity (Wildman–Crippen MR) is 106 cm³/mol. The monoisotopic (exact) mass is 392 g/mol. The van der Waals surface area contributed by atoms with Crippen molar-refractivity contribution in [2.45, 2.75) is 57.5 Å². The average molecular weight is 393 g/mol. The fourth-order valence-electron chi connectivity index (χ4n) is 3.84. The summed E-state index contributed by atoms with van der Waals surface area (Å²) in [5.74, 6) is -0.138. The zero-order chi connectivity index (χ0) is 19.7. The lowest BCUT2D eigenvalue weighted by atomic mass is 9.64. The summed E-state index contributed by atoms with van der Waals surface area (Å²) >= 11 is 6.00. The van der Waals surface area contributed by atoms with Crippen LogP contribution in [0.3, 0.4) is 0 Å². The van der Waals surface area contributed by atoms with Gasteiger partial charge in [0.25, 0.3) is 0 Å². The highest BCUT2D eigenvalue weighted by molar-refractivity contribution is 6.30. The van der Waals surface area contributed by atoms with Gasteiger partial charge in [-0.25, -0.2) is 4.79 Å². The Bertz CT molecular complexity index is 692. The molecule has 3 rings (SSSR count). The highest BCUT2D eigenvalue weighted by Crippen LogP contribution is 2.43. The zero-order valence-electron chi connectivity index (χ0n) is 16.4. The summed E-state index contributed by atoms with van der Waals surface area (Å²) in [5, 5.41) is 3.86. The number of nitrogens with one attached hydrogen (secondary N) is 1. The Labute approximate surface area is 166 Å². The van der Waals surface area contributed by atoms with Crippen LogP contribution in [0.15, 0.2) is 24.3 Å². The third kappa shape index (κ3) is 4.75. The van der Waals surface area contributed by atoms with Gasteiger partial charge in [0.1, 0.15) is 5.60 Å². The molecular formula is C21H29ClN2O3. The molecule has 0 radical (unpaired) electrons. The SMILES string of the molecule is CC(C)(C)OC(=O)N1CCC(C(=O)NCC2(c3ccc(Cl)cc3)CCC2)C1. The molecule has 1 aliphatic carbocycles. The van der Waals surface area contributed by atoms with Crippen molar-refractivity contribution in [3.8, 4) is 0 Å². The van der Waals surface area contributed by atoms with E-state index in [0.717, 1.165) is 17.9 Å². The Balaban J connectivity index is 1.53. The Morgan fingerprint density at radius 3 is 2.48 bits per heavy atom. The van der Waals surface area contributed by atoms with E-state index >= 15 is 0 Å². The summed E-state index contributed by atoms with van der Waals surface area (Å²) in [6.45, 7) is 7.17. The van der Waals surface area contributed by atoms with Crippen molar-refractivity contribution in [3.05, 3.63) is 34.9 Å². The minimum Gasteiger partial charge on any atom is -0.444 e. The number of nitrogens with zero attached hydrogens (tertiary/aromatic N) is 1. The highest BCUT2D eigenvalue weighted by Gasteiger charge is 2.40. The Morgan fingerprint density at radius 2 is 1.93 bits per heavy atom. The molecule has 27 heavy (non-hydrogen) atoms. The first kappa shape index (κ1) is 20.0. The van der Waals surface area contributed by atoms with Crippen LogP contribution in [-0.4, -0.2) is 42.1 Å². The van der Waals surface area contributed by atoms with Crippen molar-refractivity contribution in [1.82, 2.24) is 10.2 Å². The van der Waals surface area contributed by atoms with E-state index in [1.807, 2.05) is 32.9 Å². The molecule has 5 nitrogen and oxygen atoms in total. The van der Waals surface area contributed by atoms with Crippen LogP contribution in [0.4, 0.5) is 4.79 Å². The molecule has 1 aromatic rings. The molecule has 1 aliphatic heterocycles. The summed E-state index contributed by atoms with van der Waals surface area (Å²) in [6, 6.07) is 7.95. The Kier molecular flexibility index (Phi) is 5.71. The predicted octanol–water partition coefficient (Wildman–Crippen LogP) is 4.13. The molecule has 2 fully saturated rings. The van der Waals surface area contributed by atoms with Crippen molar-refractivity contribution >= 4 is 23.6 Å². The maximum atomic E-state index is 12.7. The minimum atomic E-state index is -0.521. The molecule has 148 valence electrons. The summed E-state index contributed by atoms with van der Waals surface area (Å²) in [4.78, 5) is 26.5. The van der Waals surface area contributed by atoms with E-state index < -0.39 is 5.60 Å². The van der Waals surface area contributed by atoms with Crippen LogP contribution < -0.4 is 5.32 Å². The van der Waals surface area contributed by atoms with E-state index in [0.29, 0.717) is 26.1 Å². The van der Waals surface area contributed by atoms with Gasteiger partial charge in [0, 0.05) is 30.1 Å². The maximum Gasteiger partial charge on any atom is 0.410 e. The van der Waals surface area contributed by atoms with Crippen molar-refractivity contribution in [3.63, 3.8) is 0 Å². The van der Waals surface area contributed by atoms with Gasteiger partial charge in [-0.05, 0) is 57.7 Å². The third-order valence-electron chi connectivity index (χ3n) is 5.58. The van der Waals surface area contributed by atoms with Gasteiger partial charge in [-0.3, -0.25) is 4.79 Å². The van der Waals surface area contributed by atoms with Crippen LogP contribution in [0.5, 0.6) is 0 Å². The van der Waals surface area contributed by atoms with Gasteiger partial charge in [0.15, 0.2) is 0 Å². The quantitative estimate of drug-likeness (QED) is 0.837. The van der Waals surface area contributed by atoms with Crippen molar-refractivity contribution < 1.29 is 14.3 Å². The van der Waals surface area contributed by atoms with Crippen LogP contribution >= 0.6 is 11.6 Å². The fraction of sp³-hybridized carbons (Fsp3) is 0.619. The second kappa shape index (κ2) is 7.70. The maximum absolute atomic E-state index is 12.7. The molecule has 0 spiro atoms. The number of ether oxygens (including phenoxy) is 1. The molecule has 1 atom stereocenters. The molecule has 2 amide bonds. The largest absolute Gasteiger partial charge is 0.444 e. The minimum absolute atomic E-state index is 0.0176. The molecule has 6 heteroatoms. The topological polar surface area (TPSA) is 58.6 Å². The van der Waals surface area contributed by atoms with Crippen LogP contribution in [0.2, 0.25) is 5.02 Å². The number of likely N-dealkylation sites (tertiary alicyclic amines) is 1. The molecule has 1 heterocycles. The van der Waals surface area contributed by atoms with Crippen molar-refractivity contribution in [2.75, 3.05) is 19.6 Å². The second-order valence-electron chi connectivity index (χ2n) is 8.77. The lowest BCUT2D eigenvalue weighted by Crippen LogP contribution is -2.47. The average Bonchev–Trinajstić information content (AvgIpc) is 3.04. The van der Waals surface area contributed by atoms with Crippen LogP contribution in [0.1, 0.15) is 52.0 Å². The van der Waals surface area contributed by atoms with Gasteiger partial charge in [0.2, 0.25) is 5.91 Å². The normalized spacial score (nSPS) is 21.5. The Hall–Kier alpha value is -1.75. The number of amides is 2. The lowest BCUT2D eigenvalue weighted by Gasteiger charge is -2.42. The van der Waals surface area contributed by atoms with E-state index in [1.165, 1.54) is 12.0 Å². The van der Waals surface area contributed by atoms with Crippen LogP contribution in [-0.2, 0) is 14.9 Å². The third-order valence-corrected chi connectivity index (χ3v) is 5.83.